The second kappa shape index (κ2) is 7.41. The van der Waals surface area contributed by atoms with Crippen LogP contribution in [0.15, 0.2) is 79.1 Å². The monoisotopic (exact) mass is 457 g/mol. The third kappa shape index (κ3) is 3.54. The Morgan fingerprint density at radius 2 is 1.52 bits per heavy atom. The zero-order valence-electron chi connectivity index (χ0n) is 16.9. The number of halogens is 5. The zero-order chi connectivity index (χ0) is 23.4. The Bertz CT molecular complexity index is 1470. The molecule has 0 amide bonds. The number of nitrogens with zero attached hydrogens (tertiary/aromatic N) is 3. The van der Waals surface area contributed by atoms with Crippen molar-refractivity contribution in [3.8, 4) is 5.69 Å². The molecule has 0 spiro atoms. The minimum atomic E-state index is -5.02. The van der Waals surface area contributed by atoms with E-state index in [1.54, 1.807) is 6.07 Å². The number of fused-ring (bicyclic) bond motifs is 2. The van der Waals surface area contributed by atoms with E-state index in [2.05, 4.69) is 5.10 Å². The summed E-state index contributed by atoms with van der Waals surface area (Å²) < 4.78 is 72.1. The maximum Gasteiger partial charge on any atom is 0.423 e. The van der Waals surface area contributed by atoms with Gasteiger partial charge in [0.1, 0.15) is 11.6 Å². The van der Waals surface area contributed by atoms with Crippen LogP contribution in [-0.4, -0.2) is 25.6 Å². The van der Waals surface area contributed by atoms with Crippen LogP contribution >= 0.6 is 0 Å². The van der Waals surface area contributed by atoms with E-state index in [9.17, 15) is 27.1 Å². The number of hydrogen-bond donors (Lipinski definition) is 1. The number of hydrogen-bond acceptors (Lipinski definition) is 2. The smallest absolute Gasteiger partial charge is 0.375 e. The molecule has 4 nitrogen and oxygen atoms in total. The van der Waals surface area contributed by atoms with Crippen molar-refractivity contribution in [3.63, 3.8) is 0 Å². The van der Waals surface area contributed by atoms with Crippen molar-refractivity contribution >= 4 is 21.8 Å². The van der Waals surface area contributed by atoms with Crippen molar-refractivity contribution in [2.45, 2.75) is 18.3 Å². The fourth-order valence-corrected chi connectivity index (χ4v) is 3.96. The van der Waals surface area contributed by atoms with Gasteiger partial charge in [-0.1, -0.05) is 6.07 Å². The van der Waals surface area contributed by atoms with Crippen LogP contribution in [0.3, 0.4) is 0 Å². The Kier molecular flexibility index (Phi) is 4.75. The molecule has 9 heteroatoms. The first-order valence-corrected chi connectivity index (χ1v) is 9.93. The topological polar surface area (TPSA) is 43.0 Å². The summed E-state index contributed by atoms with van der Waals surface area (Å²) in [6.45, 7) is -0.860. The first-order valence-electron chi connectivity index (χ1n) is 9.93. The minimum absolute atomic E-state index is 0.239. The highest BCUT2D eigenvalue weighted by molar-refractivity contribution is 5.82. The molecule has 3 aromatic carbocycles. The van der Waals surface area contributed by atoms with Crippen molar-refractivity contribution in [2.75, 3.05) is 0 Å². The molecule has 168 valence electrons. The second-order valence-corrected chi connectivity index (χ2v) is 7.81. The van der Waals surface area contributed by atoms with Gasteiger partial charge in [-0.25, -0.2) is 13.5 Å². The zero-order valence-corrected chi connectivity index (χ0v) is 16.9. The predicted molar refractivity (Wildman–Crippen MR) is 113 cm³/mol. The van der Waals surface area contributed by atoms with E-state index >= 15 is 0 Å². The summed E-state index contributed by atoms with van der Waals surface area (Å²) >= 11 is 0. The molecule has 5 rings (SSSR count). The maximum atomic E-state index is 14.2. The van der Waals surface area contributed by atoms with E-state index in [0.717, 1.165) is 6.07 Å². The number of rotatable bonds is 4. The summed E-state index contributed by atoms with van der Waals surface area (Å²) in [6.07, 6.45) is -2.26. The molecule has 0 aliphatic heterocycles. The number of alkyl halides is 3. The van der Waals surface area contributed by atoms with E-state index < -0.39 is 30.0 Å². The molecule has 0 aliphatic rings. The van der Waals surface area contributed by atoms with Crippen LogP contribution in [0.2, 0.25) is 0 Å². The summed E-state index contributed by atoms with van der Waals surface area (Å²) in [5.41, 5.74) is -2.35. The van der Waals surface area contributed by atoms with Crippen LogP contribution in [0.1, 0.15) is 5.56 Å². The Morgan fingerprint density at radius 3 is 2.24 bits per heavy atom. The Morgan fingerprint density at radius 1 is 0.788 bits per heavy atom. The van der Waals surface area contributed by atoms with Crippen LogP contribution in [0.4, 0.5) is 22.0 Å². The first-order chi connectivity index (χ1) is 15.7. The van der Waals surface area contributed by atoms with Gasteiger partial charge < -0.3 is 9.67 Å². The van der Waals surface area contributed by atoms with E-state index in [1.165, 1.54) is 76.2 Å². The highest BCUT2D eigenvalue weighted by atomic mass is 19.4. The summed E-state index contributed by atoms with van der Waals surface area (Å²) in [5, 5.41) is 16.0. The molecule has 0 radical (unpaired) electrons. The molecule has 1 atom stereocenters. The lowest BCUT2D eigenvalue weighted by Crippen LogP contribution is -2.45. The molecule has 0 saturated carbocycles. The molecule has 2 heterocycles. The van der Waals surface area contributed by atoms with E-state index in [0.29, 0.717) is 22.0 Å². The Balaban J connectivity index is 1.59. The van der Waals surface area contributed by atoms with Gasteiger partial charge in [-0.05, 0) is 71.6 Å². The van der Waals surface area contributed by atoms with Crippen LogP contribution < -0.4 is 0 Å². The number of benzene rings is 3. The quantitative estimate of drug-likeness (QED) is 0.352. The molecule has 0 aliphatic carbocycles. The third-order valence-corrected chi connectivity index (χ3v) is 5.72. The number of aromatic nitrogens is 3. The average Bonchev–Trinajstić information content (AvgIpc) is 3.37. The summed E-state index contributed by atoms with van der Waals surface area (Å²) in [7, 11) is 0. The molecule has 0 bridgehead atoms. The summed E-state index contributed by atoms with van der Waals surface area (Å²) in [6, 6.07) is 14.7. The minimum Gasteiger partial charge on any atom is -0.375 e. The van der Waals surface area contributed by atoms with Gasteiger partial charge in [-0.15, -0.1) is 0 Å². The van der Waals surface area contributed by atoms with Gasteiger partial charge >= 0.3 is 6.18 Å². The van der Waals surface area contributed by atoms with Gasteiger partial charge in [-0.3, -0.25) is 0 Å². The lowest BCUT2D eigenvalue weighted by Gasteiger charge is -2.32. The van der Waals surface area contributed by atoms with Crippen molar-refractivity contribution in [3.05, 3.63) is 96.3 Å². The SMILES string of the molecule is OC(Cn1ccc2ccc(F)cc21)(c1ccc2c(cnn2-c2ccc(F)cc2)c1)C(F)(F)F. The lowest BCUT2D eigenvalue weighted by atomic mass is 9.91. The van der Waals surface area contributed by atoms with Gasteiger partial charge in [0.2, 0.25) is 5.60 Å². The standard InChI is InChI=1S/C24H16F5N3O/c25-18-4-6-20(7-5-18)32-21-8-2-17(11-16(21)13-30-32)23(33,24(27,28)29)14-31-10-9-15-1-3-19(26)12-22(15)31/h1-13,33H,14H2. The molecule has 1 unspecified atom stereocenters. The highest BCUT2D eigenvalue weighted by Crippen LogP contribution is 2.42. The number of aliphatic hydroxyl groups is 1. The second-order valence-electron chi connectivity index (χ2n) is 7.81. The fraction of sp³-hybridized carbons (Fsp3) is 0.125. The molecule has 0 fully saturated rings. The van der Waals surface area contributed by atoms with Crippen molar-refractivity contribution in [1.29, 1.82) is 0 Å². The Hall–Kier alpha value is -3.72. The maximum absolute atomic E-state index is 14.2. The van der Waals surface area contributed by atoms with Crippen molar-refractivity contribution in [1.82, 2.24) is 14.3 Å². The van der Waals surface area contributed by atoms with Crippen LogP contribution in [0.25, 0.3) is 27.5 Å². The third-order valence-electron chi connectivity index (χ3n) is 5.72. The summed E-state index contributed by atoms with van der Waals surface area (Å²) in [4.78, 5) is 0. The van der Waals surface area contributed by atoms with Crippen LogP contribution in [0, 0.1) is 11.6 Å². The largest absolute Gasteiger partial charge is 0.423 e. The van der Waals surface area contributed by atoms with Crippen LogP contribution in [0.5, 0.6) is 0 Å². The van der Waals surface area contributed by atoms with Gasteiger partial charge in [0.25, 0.3) is 0 Å². The van der Waals surface area contributed by atoms with Gasteiger partial charge in [0, 0.05) is 11.6 Å². The molecular weight excluding hydrogens is 441 g/mol. The average molecular weight is 457 g/mol. The Labute approximate surface area is 184 Å². The molecule has 1 N–H and O–H groups in total. The molecule has 33 heavy (non-hydrogen) atoms. The van der Waals surface area contributed by atoms with Crippen molar-refractivity contribution < 1.29 is 27.1 Å². The van der Waals surface area contributed by atoms with Crippen LogP contribution in [-0.2, 0) is 12.1 Å². The van der Waals surface area contributed by atoms with Gasteiger partial charge in [0.15, 0.2) is 0 Å². The molecule has 5 aromatic rings. The normalized spacial score (nSPS) is 14.1. The van der Waals surface area contributed by atoms with Gasteiger partial charge in [0.05, 0.1) is 29.5 Å². The van der Waals surface area contributed by atoms with Crippen molar-refractivity contribution in [2.24, 2.45) is 0 Å². The summed E-state index contributed by atoms with van der Waals surface area (Å²) in [5.74, 6) is -1.02. The first kappa shape index (κ1) is 21.1. The highest BCUT2D eigenvalue weighted by Gasteiger charge is 2.55. The van der Waals surface area contributed by atoms with Gasteiger partial charge in [-0.2, -0.15) is 18.3 Å². The fourth-order valence-electron chi connectivity index (χ4n) is 3.96. The van der Waals surface area contributed by atoms with E-state index in [4.69, 9.17) is 0 Å². The molecular formula is C24H16F5N3O. The van der Waals surface area contributed by atoms with E-state index in [-0.39, 0.29) is 11.1 Å². The molecule has 0 saturated heterocycles. The predicted octanol–water partition coefficient (Wildman–Crippen LogP) is 5.71. The van der Waals surface area contributed by atoms with E-state index in [1.807, 2.05) is 0 Å². The molecule has 2 aromatic heterocycles. The lowest BCUT2D eigenvalue weighted by molar-refractivity contribution is -0.271.